The van der Waals surface area contributed by atoms with E-state index in [1.807, 2.05) is 30.3 Å². The van der Waals surface area contributed by atoms with Crippen molar-refractivity contribution in [2.75, 3.05) is 6.61 Å². The number of hydrogen-bond donors (Lipinski definition) is 1. The number of imidazole rings is 1. The molecule has 26 heavy (non-hydrogen) atoms. The summed E-state index contributed by atoms with van der Waals surface area (Å²) in [4.78, 5) is 28.5. The van der Waals surface area contributed by atoms with E-state index in [2.05, 4.69) is 16.4 Å². The Balaban J connectivity index is 1.36. The maximum atomic E-state index is 12.2. The predicted octanol–water partition coefficient (Wildman–Crippen LogP) is 2.68. The zero-order valence-corrected chi connectivity index (χ0v) is 14.2. The minimum atomic E-state index is -0.604. The highest BCUT2D eigenvalue weighted by Crippen LogP contribution is 2.29. The summed E-state index contributed by atoms with van der Waals surface area (Å²) in [6.45, 7) is -0.314. The number of benzene rings is 1. The second-order valence-electron chi connectivity index (χ2n) is 6.38. The van der Waals surface area contributed by atoms with Crippen molar-refractivity contribution in [3.63, 3.8) is 0 Å². The zero-order chi connectivity index (χ0) is 17.9. The van der Waals surface area contributed by atoms with E-state index in [0.29, 0.717) is 5.65 Å². The topological polar surface area (TPSA) is 72.7 Å². The molecule has 0 bridgehead atoms. The number of nitrogens with zero attached hydrogens (tertiary/aromatic N) is 2. The number of nitrogens with one attached hydrogen (secondary N) is 1. The molecule has 0 spiro atoms. The van der Waals surface area contributed by atoms with Crippen LogP contribution >= 0.6 is 0 Å². The first kappa shape index (κ1) is 16.3. The van der Waals surface area contributed by atoms with Gasteiger partial charge < -0.3 is 14.5 Å². The van der Waals surface area contributed by atoms with Gasteiger partial charge in [-0.1, -0.05) is 30.3 Å². The lowest BCUT2D eigenvalue weighted by molar-refractivity contribution is -0.125. The van der Waals surface area contributed by atoms with Gasteiger partial charge in [0.25, 0.3) is 5.91 Å². The van der Waals surface area contributed by atoms with Gasteiger partial charge in [-0.2, -0.15) is 0 Å². The molecule has 1 atom stereocenters. The third-order valence-corrected chi connectivity index (χ3v) is 4.61. The van der Waals surface area contributed by atoms with E-state index in [-0.39, 0.29) is 24.2 Å². The van der Waals surface area contributed by atoms with Gasteiger partial charge in [-0.25, -0.2) is 9.78 Å². The number of amides is 1. The van der Waals surface area contributed by atoms with Crippen LogP contribution in [-0.2, 0) is 16.0 Å². The Morgan fingerprint density at radius 3 is 2.92 bits per heavy atom. The summed E-state index contributed by atoms with van der Waals surface area (Å²) < 4.78 is 6.85. The third kappa shape index (κ3) is 3.31. The van der Waals surface area contributed by atoms with Gasteiger partial charge in [-0.3, -0.25) is 4.79 Å². The first-order valence-electron chi connectivity index (χ1n) is 8.69. The van der Waals surface area contributed by atoms with Crippen LogP contribution in [0.5, 0.6) is 0 Å². The standard InChI is InChI=1S/C20H19N3O3/c24-19(22-16-9-5-7-14-6-1-2-8-15(14)16)13-26-20(25)17-12-23-11-4-3-10-18(23)21-17/h1-4,6,8,10-12,16H,5,7,9,13H2,(H,22,24)/t16-/m1/s1. The quantitative estimate of drug-likeness (QED) is 0.735. The Bertz CT molecular complexity index is 931. The molecule has 0 radical (unpaired) electrons. The third-order valence-electron chi connectivity index (χ3n) is 4.61. The van der Waals surface area contributed by atoms with Gasteiger partial charge in [-0.15, -0.1) is 0 Å². The number of esters is 1. The van der Waals surface area contributed by atoms with Crippen molar-refractivity contribution in [2.24, 2.45) is 0 Å². The summed E-state index contributed by atoms with van der Waals surface area (Å²) >= 11 is 0. The molecule has 0 saturated heterocycles. The van der Waals surface area contributed by atoms with Crippen molar-refractivity contribution in [1.29, 1.82) is 0 Å². The van der Waals surface area contributed by atoms with Crippen LogP contribution in [0.4, 0.5) is 0 Å². The van der Waals surface area contributed by atoms with Crippen LogP contribution in [0, 0.1) is 0 Å². The molecule has 1 N–H and O–H groups in total. The number of fused-ring (bicyclic) bond motifs is 2. The zero-order valence-electron chi connectivity index (χ0n) is 14.2. The highest BCUT2D eigenvalue weighted by Gasteiger charge is 2.22. The Morgan fingerprint density at radius 2 is 2.04 bits per heavy atom. The van der Waals surface area contributed by atoms with Crippen molar-refractivity contribution in [2.45, 2.75) is 25.3 Å². The minimum Gasteiger partial charge on any atom is -0.451 e. The molecule has 0 saturated carbocycles. The van der Waals surface area contributed by atoms with E-state index in [4.69, 9.17) is 4.74 Å². The monoisotopic (exact) mass is 349 g/mol. The number of hydrogen-bond acceptors (Lipinski definition) is 4. The van der Waals surface area contributed by atoms with E-state index >= 15 is 0 Å². The summed E-state index contributed by atoms with van der Waals surface area (Å²) in [6, 6.07) is 13.6. The highest BCUT2D eigenvalue weighted by molar-refractivity contribution is 5.90. The van der Waals surface area contributed by atoms with E-state index in [9.17, 15) is 9.59 Å². The normalized spacial score (nSPS) is 16.1. The molecule has 1 aromatic carbocycles. The molecule has 4 rings (SSSR count). The molecular formula is C20H19N3O3. The number of aromatic nitrogens is 2. The van der Waals surface area contributed by atoms with Crippen LogP contribution in [-0.4, -0.2) is 27.9 Å². The van der Waals surface area contributed by atoms with Gasteiger partial charge in [-0.05, 0) is 42.5 Å². The summed E-state index contributed by atoms with van der Waals surface area (Å²) in [7, 11) is 0. The van der Waals surface area contributed by atoms with Crippen molar-refractivity contribution in [1.82, 2.24) is 14.7 Å². The molecule has 0 aliphatic heterocycles. The highest BCUT2D eigenvalue weighted by atomic mass is 16.5. The molecule has 2 aromatic heterocycles. The van der Waals surface area contributed by atoms with Crippen LogP contribution in [0.2, 0.25) is 0 Å². The van der Waals surface area contributed by atoms with E-state index in [0.717, 1.165) is 24.8 Å². The Morgan fingerprint density at radius 1 is 1.19 bits per heavy atom. The van der Waals surface area contributed by atoms with Crippen molar-refractivity contribution in [3.8, 4) is 0 Å². The average Bonchev–Trinajstić information content (AvgIpc) is 3.11. The first-order chi connectivity index (χ1) is 12.7. The molecule has 3 aromatic rings. The number of aryl methyl sites for hydroxylation is 1. The molecule has 1 aliphatic carbocycles. The maximum Gasteiger partial charge on any atom is 0.359 e. The number of ether oxygens (including phenoxy) is 1. The Kier molecular flexibility index (Phi) is 4.39. The Labute approximate surface area is 150 Å². The van der Waals surface area contributed by atoms with Gasteiger partial charge in [0, 0.05) is 12.4 Å². The molecule has 1 amide bonds. The molecule has 2 heterocycles. The van der Waals surface area contributed by atoms with Crippen LogP contribution in [0.25, 0.3) is 5.65 Å². The Hall–Kier alpha value is -3.15. The van der Waals surface area contributed by atoms with Gasteiger partial charge in [0.2, 0.25) is 0 Å². The molecular weight excluding hydrogens is 330 g/mol. The summed E-state index contributed by atoms with van der Waals surface area (Å²) in [6.07, 6.45) is 6.34. The van der Waals surface area contributed by atoms with Gasteiger partial charge >= 0.3 is 5.97 Å². The van der Waals surface area contributed by atoms with Gasteiger partial charge in [0.1, 0.15) is 5.65 Å². The van der Waals surface area contributed by atoms with E-state index in [1.165, 1.54) is 5.56 Å². The lowest BCUT2D eigenvalue weighted by Crippen LogP contribution is -2.34. The average molecular weight is 349 g/mol. The van der Waals surface area contributed by atoms with Crippen molar-refractivity contribution in [3.05, 3.63) is 71.7 Å². The maximum absolute atomic E-state index is 12.2. The van der Waals surface area contributed by atoms with Crippen molar-refractivity contribution < 1.29 is 14.3 Å². The minimum absolute atomic E-state index is 0.0265. The van der Waals surface area contributed by atoms with Crippen LogP contribution in [0.15, 0.2) is 54.9 Å². The molecule has 0 fully saturated rings. The molecule has 132 valence electrons. The van der Waals surface area contributed by atoms with Crippen molar-refractivity contribution >= 4 is 17.5 Å². The first-order valence-corrected chi connectivity index (χ1v) is 8.69. The molecule has 0 unspecified atom stereocenters. The van der Waals surface area contributed by atoms with Crippen LogP contribution in [0.3, 0.4) is 0 Å². The molecule has 6 nitrogen and oxygen atoms in total. The molecule has 1 aliphatic rings. The van der Waals surface area contributed by atoms with E-state index in [1.54, 1.807) is 22.9 Å². The lowest BCUT2D eigenvalue weighted by atomic mass is 9.88. The van der Waals surface area contributed by atoms with Gasteiger partial charge in [0.15, 0.2) is 12.3 Å². The predicted molar refractivity (Wildman–Crippen MR) is 95.7 cm³/mol. The summed E-state index contributed by atoms with van der Waals surface area (Å²) in [5, 5.41) is 2.97. The second-order valence-corrected chi connectivity index (χ2v) is 6.38. The fourth-order valence-corrected chi connectivity index (χ4v) is 3.38. The summed E-state index contributed by atoms with van der Waals surface area (Å²) in [5.41, 5.74) is 3.26. The largest absolute Gasteiger partial charge is 0.451 e. The smallest absolute Gasteiger partial charge is 0.359 e. The lowest BCUT2D eigenvalue weighted by Gasteiger charge is -2.26. The number of carbonyl (C=O) groups is 2. The van der Waals surface area contributed by atoms with E-state index < -0.39 is 5.97 Å². The van der Waals surface area contributed by atoms with Crippen LogP contribution < -0.4 is 5.32 Å². The number of carbonyl (C=O) groups excluding carboxylic acids is 2. The number of rotatable bonds is 4. The van der Waals surface area contributed by atoms with Gasteiger partial charge in [0.05, 0.1) is 6.04 Å². The summed E-state index contributed by atoms with van der Waals surface area (Å²) in [5.74, 6) is -0.906. The fraction of sp³-hybridized carbons (Fsp3) is 0.250. The SMILES string of the molecule is O=C(COC(=O)c1cn2ccccc2n1)N[C@@H]1CCCc2ccccc21. The second kappa shape index (κ2) is 7.00. The van der Waals surface area contributed by atoms with Crippen LogP contribution in [0.1, 0.15) is 40.5 Å². The fourth-order valence-electron chi connectivity index (χ4n) is 3.38. The number of pyridine rings is 1. The molecule has 6 heteroatoms.